The number of carbonyl (C=O) groups is 1. The van der Waals surface area contributed by atoms with E-state index in [1.165, 1.54) is 21.8 Å². The molecule has 0 fully saturated rings. The molecule has 148 valence electrons. The van der Waals surface area contributed by atoms with Gasteiger partial charge in [-0.1, -0.05) is 22.0 Å². The first-order valence-corrected chi connectivity index (χ1v) is 10.2. The van der Waals surface area contributed by atoms with E-state index in [0.717, 1.165) is 21.2 Å². The van der Waals surface area contributed by atoms with Crippen LogP contribution < -0.4 is 10.9 Å². The normalized spacial score (nSPS) is 11.3. The Bertz CT molecular complexity index is 1290. The molecule has 0 spiro atoms. The van der Waals surface area contributed by atoms with Crippen molar-refractivity contribution in [2.24, 2.45) is 0 Å². The summed E-state index contributed by atoms with van der Waals surface area (Å²) in [5.41, 5.74) is 5.02. The molecule has 0 radical (unpaired) electrons. The number of halogens is 1. The fraction of sp³-hybridized carbons (Fsp3) is 0.227. The molecular formula is C22H21BrN4O2. The molecule has 0 saturated heterocycles. The zero-order chi connectivity index (χ0) is 20.5. The maximum absolute atomic E-state index is 12.6. The highest BCUT2D eigenvalue weighted by Gasteiger charge is 2.09. The number of amides is 1. The predicted octanol–water partition coefficient (Wildman–Crippen LogP) is 3.96. The van der Waals surface area contributed by atoms with Gasteiger partial charge in [-0.2, -0.15) is 0 Å². The molecule has 0 aliphatic rings. The molecular weight excluding hydrogens is 432 g/mol. The quantitative estimate of drug-likeness (QED) is 0.480. The topological polar surface area (TPSA) is 79.8 Å². The van der Waals surface area contributed by atoms with E-state index in [4.69, 9.17) is 0 Å². The van der Waals surface area contributed by atoms with Crippen molar-refractivity contribution in [3.05, 3.63) is 74.4 Å². The third kappa shape index (κ3) is 3.96. The van der Waals surface area contributed by atoms with Gasteiger partial charge < -0.3 is 10.3 Å². The zero-order valence-corrected chi connectivity index (χ0v) is 17.8. The first-order valence-electron chi connectivity index (χ1n) is 9.41. The van der Waals surface area contributed by atoms with Crippen LogP contribution in [0.5, 0.6) is 0 Å². The van der Waals surface area contributed by atoms with Crippen molar-refractivity contribution in [3.8, 4) is 0 Å². The number of nitrogens with zero attached hydrogens (tertiary/aromatic N) is 2. The number of aromatic amines is 1. The first kappa shape index (κ1) is 19.4. The van der Waals surface area contributed by atoms with Gasteiger partial charge in [0.05, 0.1) is 17.2 Å². The molecule has 4 aromatic rings. The Morgan fingerprint density at radius 3 is 2.83 bits per heavy atom. The van der Waals surface area contributed by atoms with Crippen LogP contribution in [0, 0.1) is 13.8 Å². The lowest BCUT2D eigenvalue weighted by Crippen LogP contribution is -2.27. The zero-order valence-electron chi connectivity index (χ0n) is 16.3. The van der Waals surface area contributed by atoms with Crippen LogP contribution in [0.15, 0.2) is 52.0 Å². The van der Waals surface area contributed by atoms with Crippen LogP contribution in [0.4, 0.5) is 0 Å². The SMILES string of the molecule is Cc1[nH]c2ccc(CNC(=O)CCn3cnc4ccc(Br)cc4c3=O)cc2c1C. The second kappa shape index (κ2) is 7.83. The maximum atomic E-state index is 12.6. The lowest BCUT2D eigenvalue weighted by atomic mass is 10.1. The van der Waals surface area contributed by atoms with E-state index in [-0.39, 0.29) is 24.4 Å². The van der Waals surface area contributed by atoms with Gasteiger partial charge in [0.1, 0.15) is 0 Å². The number of hydrogen-bond acceptors (Lipinski definition) is 3. The lowest BCUT2D eigenvalue weighted by Gasteiger charge is -2.08. The number of nitrogens with one attached hydrogen (secondary N) is 2. The smallest absolute Gasteiger partial charge is 0.261 e. The van der Waals surface area contributed by atoms with Crippen molar-refractivity contribution in [1.82, 2.24) is 19.9 Å². The highest BCUT2D eigenvalue weighted by molar-refractivity contribution is 9.10. The van der Waals surface area contributed by atoms with Crippen molar-refractivity contribution in [1.29, 1.82) is 0 Å². The average Bonchev–Trinajstić information content (AvgIpc) is 3.00. The van der Waals surface area contributed by atoms with E-state index in [0.29, 0.717) is 17.4 Å². The molecule has 7 heteroatoms. The summed E-state index contributed by atoms with van der Waals surface area (Å²) in [6.45, 7) is 4.88. The van der Waals surface area contributed by atoms with Crippen molar-refractivity contribution in [3.63, 3.8) is 0 Å². The molecule has 0 aliphatic heterocycles. The van der Waals surface area contributed by atoms with Crippen molar-refractivity contribution >= 4 is 43.6 Å². The van der Waals surface area contributed by atoms with E-state index in [1.807, 2.05) is 18.2 Å². The molecule has 0 aliphatic carbocycles. The van der Waals surface area contributed by atoms with Crippen LogP contribution in [0.1, 0.15) is 23.2 Å². The fourth-order valence-corrected chi connectivity index (χ4v) is 3.78. The average molecular weight is 453 g/mol. The molecule has 1 amide bonds. The molecule has 6 nitrogen and oxygen atoms in total. The van der Waals surface area contributed by atoms with E-state index in [9.17, 15) is 9.59 Å². The van der Waals surface area contributed by atoms with Crippen LogP contribution in [-0.4, -0.2) is 20.4 Å². The molecule has 2 aromatic heterocycles. The number of aryl methyl sites for hydroxylation is 3. The molecule has 0 bridgehead atoms. The summed E-state index contributed by atoms with van der Waals surface area (Å²) < 4.78 is 2.30. The summed E-state index contributed by atoms with van der Waals surface area (Å²) in [6, 6.07) is 11.5. The molecule has 4 rings (SSSR count). The van der Waals surface area contributed by atoms with Crippen molar-refractivity contribution in [2.45, 2.75) is 33.4 Å². The van der Waals surface area contributed by atoms with Gasteiger partial charge in [-0.15, -0.1) is 0 Å². The molecule has 29 heavy (non-hydrogen) atoms. The van der Waals surface area contributed by atoms with Gasteiger partial charge in [0.15, 0.2) is 0 Å². The van der Waals surface area contributed by atoms with E-state index >= 15 is 0 Å². The van der Waals surface area contributed by atoms with Gasteiger partial charge >= 0.3 is 0 Å². The summed E-state index contributed by atoms with van der Waals surface area (Å²) in [4.78, 5) is 32.5. The number of hydrogen-bond donors (Lipinski definition) is 2. The molecule has 2 aromatic carbocycles. The Morgan fingerprint density at radius 2 is 2.00 bits per heavy atom. The summed E-state index contributed by atoms with van der Waals surface area (Å²) in [6.07, 6.45) is 1.71. The second-order valence-electron chi connectivity index (χ2n) is 7.19. The Labute approximate surface area is 176 Å². The number of fused-ring (bicyclic) bond motifs is 2. The van der Waals surface area contributed by atoms with E-state index in [1.54, 1.807) is 12.1 Å². The minimum absolute atomic E-state index is 0.103. The van der Waals surface area contributed by atoms with Crippen molar-refractivity contribution in [2.75, 3.05) is 0 Å². The Balaban J connectivity index is 1.40. The standard InChI is InChI=1S/C22H21BrN4O2/c1-13-14(2)26-20-5-3-15(9-17(13)20)11-24-21(28)7-8-27-12-25-19-6-4-16(23)10-18(19)22(27)29/h3-6,9-10,12,26H,7-8,11H2,1-2H3,(H,24,28). The van der Waals surface area contributed by atoms with Crippen LogP contribution >= 0.6 is 15.9 Å². The second-order valence-corrected chi connectivity index (χ2v) is 8.10. The maximum Gasteiger partial charge on any atom is 0.261 e. The van der Waals surface area contributed by atoms with Gasteiger partial charge in [-0.25, -0.2) is 4.98 Å². The van der Waals surface area contributed by atoms with Crippen LogP contribution in [0.2, 0.25) is 0 Å². The third-order valence-electron chi connectivity index (χ3n) is 5.23. The molecule has 0 atom stereocenters. The molecule has 2 heterocycles. The van der Waals surface area contributed by atoms with Gasteiger partial charge in [-0.3, -0.25) is 14.2 Å². The fourth-order valence-electron chi connectivity index (χ4n) is 3.42. The van der Waals surface area contributed by atoms with Crippen LogP contribution in [0.25, 0.3) is 21.8 Å². The van der Waals surface area contributed by atoms with Crippen molar-refractivity contribution < 1.29 is 4.79 Å². The highest BCUT2D eigenvalue weighted by Crippen LogP contribution is 2.22. The molecule has 0 saturated carbocycles. The third-order valence-corrected chi connectivity index (χ3v) is 5.72. The van der Waals surface area contributed by atoms with Crippen LogP contribution in [-0.2, 0) is 17.9 Å². The summed E-state index contributed by atoms with van der Waals surface area (Å²) in [5, 5.41) is 4.64. The summed E-state index contributed by atoms with van der Waals surface area (Å²) in [7, 11) is 0. The van der Waals surface area contributed by atoms with Gasteiger partial charge in [-0.05, 0) is 55.3 Å². The highest BCUT2D eigenvalue weighted by atomic mass is 79.9. The summed E-state index contributed by atoms with van der Waals surface area (Å²) in [5.74, 6) is -0.103. The summed E-state index contributed by atoms with van der Waals surface area (Å²) >= 11 is 3.37. The Hall–Kier alpha value is -2.93. The Kier molecular flexibility index (Phi) is 5.24. The molecule has 2 N–H and O–H groups in total. The minimum Gasteiger partial charge on any atom is -0.358 e. The number of benzene rings is 2. The van der Waals surface area contributed by atoms with E-state index in [2.05, 4.69) is 51.1 Å². The number of carbonyl (C=O) groups excluding carboxylic acids is 1. The van der Waals surface area contributed by atoms with Gasteiger partial charge in [0, 0.05) is 40.6 Å². The molecule has 0 unspecified atom stereocenters. The number of H-pyrrole nitrogens is 1. The minimum atomic E-state index is -0.146. The van der Waals surface area contributed by atoms with Gasteiger partial charge in [0.2, 0.25) is 5.91 Å². The first-order chi connectivity index (χ1) is 13.9. The number of aromatic nitrogens is 3. The predicted molar refractivity (Wildman–Crippen MR) is 118 cm³/mol. The Morgan fingerprint density at radius 1 is 1.17 bits per heavy atom. The lowest BCUT2D eigenvalue weighted by molar-refractivity contribution is -0.121. The number of rotatable bonds is 5. The largest absolute Gasteiger partial charge is 0.358 e. The monoisotopic (exact) mass is 452 g/mol. The van der Waals surface area contributed by atoms with Gasteiger partial charge in [0.25, 0.3) is 5.56 Å². The van der Waals surface area contributed by atoms with E-state index < -0.39 is 0 Å². The van der Waals surface area contributed by atoms with Crippen LogP contribution in [0.3, 0.4) is 0 Å².